The minimum absolute atomic E-state index is 0.00158. The van der Waals surface area contributed by atoms with Crippen LogP contribution < -0.4 is 5.32 Å². The van der Waals surface area contributed by atoms with Crippen LogP contribution in [0.15, 0.2) is 0 Å². The lowest BCUT2D eigenvalue weighted by Gasteiger charge is -2.33. The first-order valence-corrected chi connectivity index (χ1v) is 5.73. The van der Waals surface area contributed by atoms with E-state index in [0.717, 1.165) is 6.42 Å². The van der Waals surface area contributed by atoms with Gasteiger partial charge in [-0.15, -0.1) is 0 Å². The van der Waals surface area contributed by atoms with Crippen molar-refractivity contribution in [2.45, 2.75) is 41.0 Å². The van der Waals surface area contributed by atoms with E-state index >= 15 is 0 Å². The van der Waals surface area contributed by atoms with Gasteiger partial charge in [-0.1, -0.05) is 34.6 Å². The number of rotatable bonds is 6. The normalized spacial score (nSPS) is 15.5. The van der Waals surface area contributed by atoms with E-state index in [1.165, 1.54) is 0 Å². The van der Waals surface area contributed by atoms with Crippen LogP contribution in [0.2, 0.25) is 0 Å². The topological polar surface area (TPSA) is 49.3 Å². The van der Waals surface area contributed by atoms with Crippen molar-refractivity contribution in [1.82, 2.24) is 5.32 Å². The molecule has 0 heterocycles. The third-order valence-corrected chi connectivity index (χ3v) is 3.02. The fourth-order valence-electron chi connectivity index (χ4n) is 1.81. The van der Waals surface area contributed by atoms with Crippen molar-refractivity contribution >= 4 is 5.91 Å². The van der Waals surface area contributed by atoms with E-state index in [9.17, 15) is 4.79 Å². The summed E-state index contributed by atoms with van der Waals surface area (Å²) in [5.41, 5.74) is -0.330. The zero-order valence-corrected chi connectivity index (χ0v) is 10.6. The van der Waals surface area contributed by atoms with Crippen LogP contribution in [0.3, 0.4) is 0 Å². The molecule has 1 atom stereocenters. The van der Waals surface area contributed by atoms with Gasteiger partial charge in [-0.2, -0.15) is 0 Å². The number of carbonyl (C=O) groups excluding carboxylic acids is 1. The zero-order chi connectivity index (χ0) is 12.1. The van der Waals surface area contributed by atoms with E-state index in [4.69, 9.17) is 5.11 Å². The molecule has 0 aromatic rings. The molecule has 0 radical (unpaired) electrons. The molecule has 1 unspecified atom stereocenters. The molecule has 3 nitrogen and oxygen atoms in total. The summed E-state index contributed by atoms with van der Waals surface area (Å²) in [5, 5.41) is 11.5. The van der Waals surface area contributed by atoms with Crippen LogP contribution in [0.1, 0.15) is 41.0 Å². The Labute approximate surface area is 93.3 Å². The summed E-state index contributed by atoms with van der Waals surface area (Å²) in [4.78, 5) is 12.0. The lowest BCUT2D eigenvalue weighted by molar-refractivity contribution is -0.133. The number of aliphatic hydroxyl groups is 1. The molecule has 0 aromatic carbocycles. The van der Waals surface area contributed by atoms with Gasteiger partial charge in [-0.3, -0.25) is 4.79 Å². The zero-order valence-electron chi connectivity index (χ0n) is 10.6. The maximum atomic E-state index is 12.0. The molecular weight excluding hydrogens is 190 g/mol. The standard InChI is InChI=1S/C12H25NO2/c1-9(2)8-12(5,10(3)4)11(15)13-6-7-14/h9-10,14H,6-8H2,1-5H3,(H,13,15). The third-order valence-electron chi connectivity index (χ3n) is 3.02. The van der Waals surface area contributed by atoms with Gasteiger partial charge in [0.15, 0.2) is 0 Å². The second-order valence-corrected chi connectivity index (χ2v) is 5.15. The second-order valence-electron chi connectivity index (χ2n) is 5.15. The molecule has 0 saturated carbocycles. The van der Waals surface area contributed by atoms with Gasteiger partial charge >= 0.3 is 0 Å². The van der Waals surface area contributed by atoms with Crippen LogP contribution in [0.4, 0.5) is 0 Å². The first kappa shape index (κ1) is 14.4. The Kier molecular flexibility index (Phi) is 5.88. The van der Waals surface area contributed by atoms with Gasteiger partial charge in [0.1, 0.15) is 0 Å². The highest BCUT2D eigenvalue weighted by Crippen LogP contribution is 2.34. The van der Waals surface area contributed by atoms with Crippen molar-refractivity contribution in [3.63, 3.8) is 0 Å². The summed E-state index contributed by atoms with van der Waals surface area (Å²) in [6.45, 7) is 10.7. The SMILES string of the molecule is CC(C)CC(C)(C(=O)NCCO)C(C)C. The van der Waals surface area contributed by atoms with Gasteiger partial charge in [0.25, 0.3) is 0 Å². The average molecular weight is 215 g/mol. The number of hydrogen-bond acceptors (Lipinski definition) is 2. The summed E-state index contributed by atoms with van der Waals surface area (Å²) in [5.74, 6) is 0.858. The van der Waals surface area contributed by atoms with E-state index < -0.39 is 0 Å². The molecule has 0 bridgehead atoms. The third kappa shape index (κ3) is 4.20. The number of amides is 1. The summed E-state index contributed by atoms with van der Waals surface area (Å²) in [7, 11) is 0. The Morgan fingerprint density at radius 1 is 1.33 bits per heavy atom. The van der Waals surface area contributed by atoms with E-state index in [-0.39, 0.29) is 17.9 Å². The summed E-state index contributed by atoms with van der Waals surface area (Å²) >= 11 is 0. The fraction of sp³-hybridized carbons (Fsp3) is 0.917. The molecule has 0 aliphatic rings. The predicted molar refractivity (Wildman–Crippen MR) is 62.5 cm³/mol. The van der Waals surface area contributed by atoms with Crippen molar-refractivity contribution in [1.29, 1.82) is 0 Å². The maximum absolute atomic E-state index is 12.0. The van der Waals surface area contributed by atoms with Crippen LogP contribution in [0, 0.1) is 17.3 Å². The van der Waals surface area contributed by atoms with Crippen LogP contribution in [0.25, 0.3) is 0 Å². The monoisotopic (exact) mass is 215 g/mol. The van der Waals surface area contributed by atoms with Crippen molar-refractivity contribution in [2.75, 3.05) is 13.2 Å². The van der Waals surface area contributed by atoms with E-state index in [2.05, 4.69) is 33.0 Å². The van der Waals surface area contributed by atoms with Crippen molar-refractivity contribution < 1.29 is 9.90 Å². The minimum atomic E-state index is -0.330. The van der Waals surface area contributed by atoms with E-state index in [1.807, 2.05) is 6.92 Å². The Hall–Kier alpha value is -0.570. The van der Waals surface area contributed by atoms with Crippen LogP contribution >= 0.6 is 0 Å². The molecule has 0 saturated heterocycles. The molecule has 90 valence electrons. The summed E-state index contributed by atoms with van der Waals surface area (Å²) in [6, 6.07) is 0. The summed E-state index contributed by atoms with van der Waals surface area (Å²) in [6.07, 6.45) is 0.877. The van der Waals surface area contributed by atoms with Gasteiger partial charge in [-0.25, -0.2) is 0 Å². The minimum Gasteiger partial charge on any atom is -0.395 e. The van der Waals surface area contributed by atoms with E-state index in [0.29, 0.717) is 18.4 Å². The molecule has 0 fully saturated rings. The first-order chi connectivity index (χ1) is 6.84. The Bertz CT molecular complexity index is 202. The van der Waals surface area contributed by atoms with Crippen LogP contribution in [-0.2, 0) is 4.79 Å². The predicted octanol–water partition coefficient (Wildman–Crippen LogP) is 1.80. The van der Waals surface area contributed by atoms with Crippen molar-refractivity contribution in [3.05, 3.63) is 0 Å². The smallest absolute Gasteiger partial charge is 0.226 e. The van der Waals surface area contributed by atoms with Gasteiger partial charge < -0.3 is 10.4 Å². The van der Waals surface area contributed by atoms with Crippen LogP contribution in [0.5, 0.6) is 0 Å². The molecule has 0 aromatic heterocycles. The molecule has 1 amide bonds. The summed E-state index contributed by atoms with van der Waals surface area (Å²) < 4.78 is 0. The maximum Gasteiger partial charge on any atom is 0.226 e. The van der Waals surface area contributed by atoms with Crippen molar-refractivity contribution in [3.8, 4) is 0 Å². The number of carbonyl (C=O) groups is 1. The van der Waals surface area contributed by atoms with Crippen molar-refractivity contribution in [2.24, 2.45) is 17.3 Å². The Morgan fingerprint density at radius 3 is 2.20 bits per heavy atom. The largest absolute Gasteiger partial charge is 0.395 e. The quantitative estimate of drug-likeness (QED) is 0.710. The molecule has 0 spiro atoms. The van der Waals surface area contributed by atoms with Gasteiger partial charge in [-0.05, 0) is 18.3 Å². The lowest BCUT2D eigenvalue weighted by atomic mass is 9.72. The molecule has 2 N–H and O–H groups in total. The van der Waals surface area contributed by atoms with E-state index in [1.54, 1.807) is 0 Å². The van der Waals surface area contributed by atoms with Gasteiger partial charge in [0, 0.05) is 12.0 Å². The fourth-order valence-corrected chi connectivity index (χ4v) is 1.81. The van der Waals surface area contributed by atoms with Crippen LogP contribution in [-0.4, -0.2) is 24.2 Å². The Balaban J connectivity index is 4.55. The molecule has 0 aliphatic carbocycles. The Morgan fingerprint density at radius 2 is 1.87 bits per heavy atom. The lowest BCUT2D eigenvalue weighted by Crippen LogP contribution is -2.44. The highest BCUT2D eigenvalue weighted by molar-refractivity contribution is 5.82. The van der Waals surface area contributed by atoms with Gasteiger partial charge in [0.05, 0.1) is 6.61 Å². The highest BCUT2D eigenvalue weighted by atomic mass is 16.3. The second kappa shape index (κ2) is 6.11. The molecule has 3 heteroatoms. The molecular formula is C12H25NO2. The van der Waals surface area contributed by atoms with Gasteiger partial charge in [0.2, 0.25) is 5.91 Å². The number of nitrogens with one attached hydrogen (secondary N) is 1. The molecule has 0 aliphatic heterocycles. The molecule has 0 rings (SSSR count). The molecule has 15 heavy (non-hydrogen) atoms. The number of aliphatic hydroxyl groups excluding tert-OH is 1. The average Bonchev–Trinajstić information content (AvgIpc) is 2.12. The first-order valence-electron chi connectivity index (χ1n) is 5.73. The number of hydrogen-bond donors (Lipinski definition) is 2. The highest BCUT2D eigenvalue weighted by Gasteiger charge is 2.36.